The Morgan fingerprint density at radius 1 is 1.42 bits per heavy atom. The van der Waals surface area contributed by atoms with Gasteiger partial charge in [-0.25, -0.2) is 0 Å². The molecule has 19 heavy (non-hydrogen) atoms. The number of hydrogen-bond acceptors (Lipinski definition) is 3. The molecule has 1 aromatic rings. The van der Waals surface area contributed by atoms with E-state index in [0.717, 1.165) is 29.7 Å². The standard InChI is InChI=1S/C14H26BrN3O/c1-7-16-12(14(4,5)19-6)9-11-13(15)10(3)17-18(11)8-2/h12,16H,7-9H2,1-6H3. The fourth-order valence-corrected chi connectivity index (χ4v) is 2.66. The number of methoxy groups -OCH3 is 1. The van der Waals surface area contributed by atoms with E-state index in [9.17, 15) is 0 Å². The van der Waals surface area contributed by atoms with Crippen LogP contribution in [0, 0.1) is 6.92 Å². The molecule has 1 unspecified atom stereocenters. The second kappa shape index (κ2) is 6.86. The highest BCUT2D eigenvalue weighted by molar-refractivity contribution is 9.10. The van der Waals surface area contributed by atoms with E-state index in [1.165, 1.54) is 5.69 Å². The smallest absolute Gasteiger partial charge is 0.0778 e. The molecule has 1 rings (SSSR count). The Labute approximate surface area is 125 Å². The summed E-state index contributed by atoms with van der Waals surface area (Å²) in [5.41, 5.74) is 2.06. The summed E-state index contributed by atoms with van der Waals surface area (Å²) in [6.45, 7) is 12.3. The van der Waals surface area contributed by atoms with Gasteiger partial charge in [0.15, 0.2) is 0 Å². The first-order valence-electron chi connectivity index (χ1n) is 6.87. The van der Waals surface area contributed by atoms with Gasteiger partial charge in [-0.05, 0) is 50.2 Å². The van der Waals surface area contributed by atoms with Crippen molar-refractivity contribution in [2.24, 2.45) is 0 Å². The number of likely N-dealkylation sites (N-methyl/N-ethyl adjacent to an activating group) is 1. The Bertz CT molecular complexity index is 415. The van der Waals surface area contributed by atoms with Crippen molar-refractivity contribution in [1.29, 1.82) is 0 Å². The molecular weight excluding hydrogens is 306 g/mol. The van der Waals surface area contributed by atoms with Gasteiger partial charge in [0.05, 0.1) is 21.5 Å². The van der Waals surface area contributed by atoms with Crippen LogP contribution in [0.3, 0.4) is 0 Å². The zero-order valence-corrected chi connectivity index (χ0v) is 14.5. The normalized spacial score (nSPS) is 13.8. The Hall–Kier alpha value is -0.390. The molecule has 0 radical (unpaired) electrons. The molecule has 0 aromatic carbocycles. The molecule has 110 valence electrons. The fraction of sp³-hybridized carbons (Fsp3) is 0.786. The van der Waals surface area contributed by atoms with Gasteiger partial charge < -0.3 is 10.1 Å². The van der Waals surface area contributed by atoms with Gasteiger partial charge in [-0.1, -0.05) is 6.92 Å². The van der Waals surface area contributed by atoms with E-state index in [2.05, 4.69) is 58.7 Å². The second-order valence-electron chi connectivity index (χ2n) is 5.28. The molecule has 0 amide bonds. The minimum atomic E-state index is -0.216. The van der Waals surface area contributed by atoms with Crippen molar-refractivity contribution in [2.75, 3.05) is 13.7 Å². The van der Waals surface area contributed by atoms with Crippen LogP contribution in [0.4, 0.5) is 0 Å². The number of aromatic nitrogens is 2. The summed E-state index contributed by atoms with van der Waals surface area (Å²) in [4.78, 5) is 0. The summed E-state index contributed by atoms with van der Waals surface area (Å²) in [6, 6.07) is 0.250. The van der Waals surface area contributed by atoms with Crippen LogP contribution in [0.2, 0.25) is 0 Å². The highest BCUT2D eigenvalue weighted by Gasteiger charge is 2.30. The Morgan fingerprint density at radius 2 is 2.05 bits per heavy atom. The maximum absolute atomic E-state index is 5.64. The monoisotopic (exact) mass is 331 g/mol. The van der Waals surface area contributed by atoms with E-state index in [0.29, 0.717) is 0 Å². The summed E-state index contributed by atoms with van der Waals surface area (Å²) < 4.78 is 8.82. The van der Waals surface area contributed by atoms with Crippen molar-refractivity contribution in [3.8, 4) is 0 Å². The number of rotatable bonds is 7. The van der Waals surface area contributed by atoms with Crippen LogP contribution in [-0.4, -0.2) is 35.1 Å². The van der Waals surface area contributed by atoms with Gasteiger partial charge in [0.25, 0.3) is 0 Å². The SMILES string of the molecule is CCNC(Cc1c(Br)c(C)nn1CC)C(C)(C)OC. The molecule has 4 nitrogen and oxygen atoms in total. The minimum absolute atomic E-state index is 0.216. The van der Waals surface area contributed by atoms with Crippen molar-refractivity contribution >= 4 is 15.9 Å². The molecule has 0 aliphatic rings. The Balaban J connectivity index is 3.03. The molecule has 0 bridgehead atoms. The van der Waals surface area contributed by atoms with Crippen LogP contribution >= 0.6 is 15.9 Å². The molecule has 0 saturated carbocycles. The van der Waals surface area contributed by atoms with Crippen molar-refractivity contribution < 1.29 is 4.74 Å². The van der Waals surface area contributed by atoms with E-state index in [1.807, 2.05) is 6.92 Å². The topological polar surface area (TPSA) is 39.1 Å². The molecule has 1 aromatic heterocycles. The lowest BCUT2D eigenvalue weighted by Gasteiger charge is -2.34. The van der Waals surface area contributed by atoms with Crippen molar-refractivity contribution in [1.82, 2.24) is 15.1 Å². The minimum Gasteiger partial charge on any atom is -0.377 e. The maximum Gasteiger partial charge on any atom is 0.0778 e. The highest BCUT2D eigenvalue weighted by atomic mass is 79.9. The summed E-state index contributed by atoms with van der Waals surface area (Å²) in [7, 11) is 1.77. The first-order valence-corrected chi connectivity index (χ1v) is 7.66. The fourth-order valence-electron chi connectivity index (χ4n) is 2.21. The van der Waals surface area contributed by atoms with Gasteiger partial charge in [0.1, 0.15) is 0 Å². The Morgan fingerprint density at radius 3 is 2.53 bits per heavy atom. The summed E-state index contributed by atoms with van der Waals surface area (Å²) in [5.74, 6) is 0. The first-order chi connectivity index (χ1) is 8.87. The van der Waals surface area contributed by atoms with E-state index < -0.39 is 0 Å². The lowest BCUT2D eigenvalue weighted by molar-refractivity contribution is -0.0101. The number of nitrogens with one attached hydrogen (secondary N) is 1. The number of hydrogen-bond donors (Lipinski definition) is 1. The average molecular weight is 332 g/mol. The van der Waals surface area contributed by atoms with Crippen LogP contribution in [0.15, 0.2) is 4.47 Å². The molecule has 0 aliphatic heterocycles. The maximum atomic E-state index is 5.64. The van der Waals surface area contributed by atoms with Crippen molar-refractivity contribution in [2.45, 2.75) is 59.2 Å². The quantitative estimate of drug-likeness (QED) is 0.834. The van der Waals surface area contributed by atoms with E-state index in [4.69, 9.17) is 4.74 Å². The van der Waals surface area contributed by atoms with Gasteiger partial charge in [-0.2, -0.15) is 5.10 Å². The summed E-state index contributed by atoms with van der Waals surface area (Å²) >= 11 is 3.66. The molecule has 0 fully saturated rings. The van der Waals surface area contributed by atoms with E-state index >= 15 is 0 Å². The second-order valence-corrected chi connectivity index (χ2v) is 6.08. The lowest BCUT2D eigenvalue weighted by Crippen LogP contribution is -2.49. The molecule has 0 aliphatic carbocycles. The number of halogens is 1. The van der Waals surface area contributed by atoms with Crippen LogP contribution in [0.1, 0.15) is 39.1 Å². The zero-order valence-electron chi connectivity index (χ0n) is 12.9. The van der Waals surface area contributed by atoms with Crippen LogP contribution in [-0.2, 0) is 17.7 Å². The molecule has 1 atom stereocenters. The molecule has 1 N–H and O–H groups in total. The highest BCUT2D eigenvalue weighted by Crippen LogP contribution is 2.25. The number of aryl methyl sites for hydroxylation is 2. The van der Waals surface area contributed by atoms with E-state index in [-0.39, 0.29) is 11.6 Å². The number of nitrogens with zero attached hydrogens (tertiary/aromatic N) is 2. The van der Waals surface area contributed by atoms with Crippen LogP contribution < -0.4 is 5.32 Å². The van der Waals surface area contributed by atoms with E-state index in [1.54, 1.807) is 7.11 Å². The number of ether oxygens (including phenoxy) is 1. The third-order valence-electron chi connectivity index (χ3n) is 3.67. The van der Waals surface area contributed by atoms with Crippen molar-refractivity contribution in [3.63, 3.8) is 0 Å². The molecular formula is C14H26BrN3O. The predicted octanol–water partition coefficient (Wildman–Crippen LogP) is 2.92. The predicted molar refractivity (Wildman–Crippen MR) is 82.6 cm³/mol. The molecule has 0 saturated heterocycles. The van der Waals surface area contributed by atoms with Gasteiger partial charge in [0.2, 0.25) is 0 Å². The van der Waals surface area contributed by atoms with Crippen LogP contribution in [0.25, 0.3) is 0 Å². The average Bonchev–Trinajstić information content (AvgIpc) is 2.65. The van der Waals surface area contributed by atoms with Gasteiger partial charge in [0, 0.05) is 26.1 Å². The molecule has 0 spiro atoms. The molecule has 5 heteroatoms. The van der Waals surface area contributed by atoms with Crippen LogP contribution in [0.5, 0.6) is 0 Å². The van der Waals surface area contributed by atoms with Crippen molar-refractivity contribution in [3.05, 3.63) is 15.9 Å². The zero-order chi connectivity index (χ0) is 14.6. The third kappa shape index (κ3) is 3.80. The summed E-state index contributed by atoms with van der Waals surface area (Å²) in [6.07, 6.45) is 0.893. The summed E-state index contributed by atoms with van der Waals surface area (Å²) in [5, 5.41) is 8.07. The van der Waals surface area contributed by atoms with Gasteiger partial charge in [-0.15, -0.1) is 0 Å². The van der Waals surface area contributed by atoms with Gasteiger partial charge >= 0.3 is 0 Å². The first kappa shape index (κ1) is 16.7. The largest absolute Gasteiger partial charge is 0.377 e. The lowest BCUT2D eigenvalue weighted by atomic mass is 9.94. The third-order valence-corrected chi connectivity index (χ3v) is 4.70. The molecule has 1 heterocycles. The Kier molecular flexibility index (Phi) is 6.02. The van der Waals surface area contributed by atoms with Gasteiger partial charge in [-0.3, -0.25) is 4.68 Å².